The summed E-state index contributed by atoms with van der Waals surface area (Å²) < 4.78 is 0. The number of aryl methyl sites for hydroxylation is 1. The Morgan fingerprint density at radius 1 is 1.30 bits per heavy atom. The van der Waals surface area contributed by atoms with E-state index in [1.165, 1.54) is 5.56 Å². The van der Waals surface area contributed by atoms with Gasteiger partial charge >= 0.3 is 0 Å². The van der Waals surface area contributed by atoms with Crippen LogP contribution in [0.3, 0.4) is 0 Å². The molecule has 0 aliphatic heterocycles. The number of nitrogens with two attached hydrogens (primary N) is 1. The first-order chi connectivity index (χ1) is 9.49. The first-order valence-electron chi connectivity index (χ1n) is 7.61. The van der Waals surface area contributed by atoms with Crippen LogP contribution in [0.15, 0.2) is 24.3 Å². The van der Waals surface area contributed by atoms with E-state index in [2.05, 4.69) is 13.8 Å². The lowest BCUT2D eigenvalue weighted by Crippen LogP contribution is -2.41. The van der Waals surface area contributed by atoms with Crippen LogP contribution in [0.2, 0.25) is 0 Å². The standard InChI is InChI=1S/C17H26N2O/c1-12(2)10-11-19(15-8-9-15)17(20)16(18)14-6-4-13(3)5-7-14/h4-7,12,15-16H,8-11,18H2,1-3H3. The van der Waals surface area contributed by atoms with Crippen molar-refractivity contribution in [2.75, 3.05) is 6.54 Å². The molecule has 0 aromatic heterocycles. The maximum atomic E-state index is 12.6. The van der Waals surface area contributed by atoms with E-state index in [-0.39, 0.29) is 5.91 Å². The van der Waals surface area contributed by atoms with Crippen LogP contribution in [-0.4, -0.2) is 23.4 Å². The molecule has 110 valence electrons. The number of hydrogen-bond acceptors (Lipinski definition) is 2. The number of hydrogen-bond donors (Lipinski definition) is 1. The van der Waals surface area contributed by atoms with Crippen molar-refractivity contribution in [3.05, 3.63) is 35.4 Å². The van der Waals surface area contributed by atoms with Crippen LogP contribution >= 0.6 is 0 Å². The topological polar surface area (TPSA) is 46.3 Å². The van der Waals surface area contributed by atoms with Gasteiger partial charge in [-0.15, -0.1) is 0 Å². The van der Waals surface area contributed by atoms with Crippen molar-refractivity contribution in [3.63, 3.8) is 0 Å². The molecule has 0 bridgehead atoms. The Morgan fingerprint density at radius 2 is 1.90 bits per heavy atom. The molecule has 0 saturated heterocycles. The molecule has 1 amide bonds. The van der Waals surface area contributed by atoms with E-state index in [1.807, 2.05) is 36.1 Å². The third-order valence-corrected chi connectivity index (χ3v) is 3.92. The first kappa shape index (κ1) is 15.0. The highest BCUT2D eigenvalue weighted by Crippen LogP contribution is 2.29. The van der Waals surface area contributed by atoms with Gasteiger partial charge in [-0.2, -0.15) is 0 Å². The Labute approximate surface area is 122 Å². The van der Waals surface area contributed by atoms with Crippen LogP contribution in [0.25, 0.3) is 0 Å². The Bertz CT molecular complexity index is 449. The van der Waals surface area contributed by atoms with Crippen molar-refractivity contribution >= 4 is 5.91 Å². The van der Waals surface area contributed by atoms with Gasteiger partial charge in [0.2, 0.25) is 5.91 Å². The predicted molar refractivity (Wildman–Crippen MR) is 82.3 cm³/mol. The zero-order valence-electron chi connectivity index (χ0n) is 12.8. The molecule has 1 unspecified atom stereocenters. The molecule has 1 aromatic carbocycles. The number of carbonyl (C=O) groups is 1. The molecule has 20 heavy (non-hydrogen) atoms. The van der Waals surface area contributed by atoms with Crippen LogP contribution in [0.4, 0.5) is 0 Å². The van der Waals surface area contributed by atoms with E-state index < -0.39 is 6.04 Å². The van der Waals surface area contributed by atoms with E-state index in [4.69, 9.17) is 5.73 Å². The summed E-state index contributed by atoms with van der Waals surface area (Å²) >= 11 is 0. The number of nitrogens with zero attached hydrogens (tertiary/aromatic N) is 1. The summed E-state index contributed by atoms with van der Waals surface area (Å²) in [6.07, 6.45) is 3.30. The third-order valence-electron chi connectivity index (χ3n) is 3.92. The van der Waals surface area contributed by atoms with E-state index in [0.717, 1.165) is 31.4 Å². The van der Waals surface area contributed by atoms with Gasteiger partial charge in [-0.3, -0.25) is 4.79 Å². The maximum absolute atomic E-state index is 12.6. The molecule has 1 aromatic rings. The fraction of sp³-hybridized carbons (Fsp3) is 0.588. The lowest BCUT2D eigenvalue weighted by atomic mass is 10.0. The molecule has 1 atom stereocenters. The normalized spacial score (nSPS) is 16.2. The van der Waals surface area contributed by atoms with Crippen LogP contribution in [0.5, 0.6) is 0 Å². The van der Waals surface area contributed by atoms with Crippen molar-refractivity contribution in [2.45, 2.75) is 52.1 Å². The number of benzene rings is 1. The van der Waals surface area contributed by atoms with Gasteiger partial charge in [-0.25, -0.2) is 0 Å². The largest absolute Gasteiger partial charge is 0.338 e. The van der Waals surface area contributed by atoms with Crippen molar-refractivity contribution < 1.29 is 4.79 Å². The zero-order chi connectivity index (χ0) is 14.7. The van der Waals surface area contributed by atoms with Gasteiger partial charge in [0.25, 0.3) is 0 Å². The molecule has 1 saturated carbocycles. The summed E-state index contributed by atoms with van der Waals surface area (Å²) in [6.45, 7) is 7.25. The molecule has 1 aliphatic rings. The van der Waals surface area contributed by atoms with Gasteiger partial charge in [0.15, 0.2) is 0 Å². The smallest absolute Gasteiger partial charge is 0.244 e. The number of carbonyl (C=O) groups excluding carboxylic acids is 1. The third kappa shape index (κ3) is 3.83. The van der Waals surface area contributed by atoms with E-state index >= 15 is 0 Å². The zero-order valence-corrected chi connectivity index (χ0v) is 12.8. The van der Waals surface area contributed by atoms with Gasteiger partial charge in [0, 0.05) is 12.6 Å². The average Bonchev–Trinajstić information content (AvgIpc) is 3.23. The lowest BCUT2D eigenvalue weighted by molar-refractivity contribution is -0.133. The number of rotatable bonds is 6. The minimum absolute atomic E-state index is 0.0806. The summed E-state index contributed by atoms with van der Waals surface area (Å²) in [5, 5.41) is 0. The van der Waals surface area contributed by atoms with E-state index in [1.54, 1.807) is 0 Å². The van der Waals surface area contributed by atoms with E-state index in [9.17, 15) is 4.79 Å². The van der Waals surface area contributed by atoms with Gasteiger partial charge in [-0.05, 0) is 37.7 Å². The summed E-state index contributed by atoms with van der Waals surface area (Å²) in [7, 11) is 0. The second kappa shape index (κ2) is 6.40. The van der Waals surface area contributed by atoms with Crippen molar-refractivity contribution in [2.24, 2.45) is 11.7 Å². The molecule has 0 spiro atoms. The molecular weight excluding hydrogens is 248 g/mol. The molecule has 1 fully saturated rings. The van der Waals surface area contributed by atoms with Crippen LogP contribution in [-0.2, 0) is 4.79 Å². The Balaban J connectivity index is 2.04. The molecule has 0 radical (unpaired) electrons. The van der Waals surface area contributed by atoms with Crippen LogP contribution in [0, 0.1) is 12.8 Å². The van der Waals surface area contributed by atoms with Gasteiger partial charge in [0.05, 0.1) is 0 Å². The molecular formula is C17H26N2O. The average molecular weight is 274 g/mol. The number of amides is 1. The van der Waals surface area contributed by atoms with Gasteiger partial charge in [0.1, 0.15) is 6.04 Å². The maximum Gasteiger partial charge on any atom is 0.244 e. The second-order valence-electron chi connectivity index (χ2n) is 6.33. The predicted octanol–water partition coefficient (Wildman–Crippen LogP) is 3.03. The molecule has 0 heterocycles. The highest BCUT2D eigenvalue weighted by atomic mass is 16.2. The van der Waals surface area contributed by atoms with Crippen LogP contribution in [0.1, 0.15) is 50.3 Å². The van der Waals surface area contributed by atoms with Crippen molar-refractivity contribution in [1.29, 1.82) is 0 Å². The molecule has 2 rings (SSSR count). The van der Waals surface area contributed by atoms with E-state index in [0.29, 0.717) is 12.0 Å². The Kier molecular flexibility index (Phi) is 4.81. The molecule has 2 N–H and O–H groups in total. The summed E-state index contributed by atoms with van der Waals surface area (Å²) in [4.78, 5) is 14.6. The van der Waals surface area contributed by atoms with Crippen molar-refractivity contribution in [3.8, 4) is 0 Å². The molecule has 3 nitrogen and oxygen atoms in total. The Morgan fingerprint density at radius 3 is 2.40 bits per heavy atom. The SMILES string of the molecule is Cc1ccc(C(N)C(=O)N(CCC(C)C)C2CC2)cc1. The minimum atomic E-state index is -0.525. The lowest BCUT2D eigenvalue weighted by Gasteiger charge is -2.26. The molecule has 3 heteroatoms. The second-order valence-corrected chi connectivity index (χ2v) is 6.33. The van der Waals surface area contributed by atoms with Gasteiger partial charge < -0.3 is 10.6 Å². The minimum Gasteiger partial charge on any atom is -0.338 e. The van der Waals surface area contributed by atoms with Crippen LogP contribution < -0.4 is 5.73 Å². The highest BCUT2D eigenvalue weighted by Gasteiger charge is 2.34. The summed E-state index contributed by atoms with van der Waals surface area (Å²) in [5.41, 5.74) is 8.27. The fourth-order valence-electron chi connectivity index (χ4n) is 2.35. The summed E-state index contributed by atoms with van der Waals surface area (Å²) in [5.74, 6) is 0.691. The first-order valence-corrected chi connectivity index (χ1v) is 7.61. The Hall–Kier alpha value is -1.35. The highest BCUT2D eigenvalue weighted by molar-refractivity contribution is 5.83. The monoisotopic (exact) mass is 274 g/mol. The fourth-order valence-corrected chi connectivity index (χ4v) is 2.35. The van der Waals surface area contributed by atoms with Gasteiger partial charge in [-0.1, -0.05) is 43.7 Å². The molecule has 1 aliphatic carbocycles. The summed E-state index contributed by atoms with van der Waals surface area (Å²) in [6, 6.07) is 7.86. The quantitative estimate of drug-likeness (QED) is 0.866. The van der Waals surface area contributed by atoms with Crippen molar-refractivity contribution in [1.82, 2.24) is 4.90 Å².